The van der Waals surface area contributed by atoms with Gasteiger partial charge in [0.05, 0.1) is 13.2 Å². The summed E-state index contributed by atoms with van der Waals surface area (Å²) in [4.78, 5) is 2.12. The van der Waals surface area contributed by atoms with E-state index in [-0.39, 0.29) is 12.7 Å². The molecular weight excluding hydrogens is 406 g/mol. The fraction of sp³-hybridized carbons (Fsp3) is 0.478. The lowest BCUT2D eigenvalue weighted by atomic mass is 10.1. The first kappa shape index (κ1) is 23.4. The number of nitrogens with one attached hydrogen (secondary N) is 1. The maximum atomic E-state index is 13.3. The van der Waals surface area contributed by atoms with Crippen LogP contribution in [0.1, 0.15) is 24.0 Å². The van der Waals surface area contributed by atoms with E-state index in [1.54, 1.807) is 19.2 Å². The maximum Gasteiger partial charge on any atom is 0.161 e. The van der Waals surface area contributed by atoms with E-state index in [2.05, 4.69) is 10.2 Å². The van der Waals surface area contributed by atoms with Crippen molar-refractivity contribution in [2.24, 2.45) is 0 Å². The molecule has 2 aromatic carbocycles. The number of hydrogen-bond donors (Lipinski definition) is 3. The van der Waals surface area contributed by atoms with Gasteiger partial charge in [0.1, 0.15) is 12.7 Å². The molecule has 0 amide bonds. The molecule has 3 rings (SSSR count). The molecule has 0 saturated carbocycles. The third-order valence-electron chi connectivity index (χ3n) is 5.33. The van der Waals surface area contributed by atoms with Gasteiger partial charge in [0.15, 0.2) is 23.1 Å². The van der Waals surface area contributed by atoms with Gasteiger partial charge in [-0.25, -0.2) is 8.78 Å². The van der Waals surface area contributed by atoms with Crippen LogP contribution < -0.4 is 14.8 Å². The van der Waals surface area contributed by atoms with Crippen molar-refractivity contribution in [1.82, 2.24) is 10.2 Å². The van der Waals surface area contributed by atoms with E-state index < -0.39 is 17.7 Å². The van der Waals surface area contributed by atoms with Crippen LogP contribution >= 0.6 is 0 Å². The monoisotopic (exact) mass is 436 g/mol. The smallest absolute Gasteiger partial charge is 0.161 e. The molecule has 1 aliphatic heterocycles. The summed E-state index contributed by atoms with van der Waals surface area (Å²) in [6.45, 7) is 3.10. The highest BCUT2D eigenvalue weighted by Gasteiger charge is 2.20. The van der Waals surface area contributed by atoms with Gasteiger partial charge in [-0.15, -0.1) is 0 Å². The second-order valence-corrected chi connectivity index (χ2v) is 7.83. The summed E-state index contributed by atoms with van der Waals surface area (Å²) in [6.07, 6.45) is 0.580. The first-order valence-corrected chi connectivity index (χ1v) is 10.5. The van der Waals surface area contributed by atoms with Crippen LogP contribution in [0.15, 0.2) is 36.4 Å². The maximum absolute atomic E-state index is 13.3. The van der Waals surface area contributed by atoms with Crippen molar-refractivity contribution >= 4 is 0 Å². The van der Waals surface area contributed by atoms with E-state index in [1.165, 1.54) is 6.07 Å². The molecule has 31 heavy (non-hydrogen) atoms. The summed E-state index contributed by atoms with van der Waals surface area (Å²) in [5, 5.41) is 23.0. The zero-order valence-corrected chi connectivity index (χ0v) is 17.7. The van der Waals surface area contributed by atoms with Crippen LogP contribution in [0.2, 0.25) is 0 Å². The minimum Gasteiger partial charge on any atom is -0.493 e. The quantitative estimate of drug-likeness (QED) is 0.532. The van der Waals surface area contributed by atoms with Crippen molar-refractivity contribution in [3.8, 4) is 11.5 Å². The van der Waals surface area contributed by atoms with Crippen LogP contribution in [0.25, 0.3) is 0 Å². The van der Waals surface area contributed by atoms with Gasteiger partial charge in [-0.2, -0.15) is 0 Å². The Bertz CT molecular complexity index is 844. The molecule has 0 aliphatic carbocycles. The Kier molecular flexibility index (Phi) is 8.60. The highest BCUT2D eigenvalue weighted by atomic mass is 19.2. The molecule has 8 heteroatoms. The molecule has 0 bridgehead atoms. The summed E-state index contributed by atoms with van der Waals surface area (Å²) in [6, 6.07) is 9.35. The Hall–Kier alpha value is -2.26. The third-order valence-corrected chi connectivity index (χ3v) is 5.33. The van der Waals surface area contributed by atoms with Gasteiger partial charge in [-0.1, -0.05) is 12.1 Å². The third kappa shape index (κ3) is 7.14. The first-order chi connectivity index (χ1) is 14.9. The molecule has 170 valence electrons. The summed E-state index contributed by atoms with van der Waals surface area (Å²) in [5.41, 5.74) is 1.60. The van der Waals surface area contributed by atoms with E-state index in [1.807, 2.05) is 12.1 Å². The molecule has 0 unspecified atom stereocenters. The minimum atomic E-state index is -0.859. The van der Waals surface area contributed by atoms with Crippen LogP contribution in [-0.4, -0.2) is 60.7 Å². The highest BCUT2D eigenvalue weighted by molar-refractivity contribution is 5.43. The summed E-state index contributed by atoms with van der Waals surface area (Å²) in [5.74, 6) is -0.619. The lowest BCUT2D eigenvalue weighted by Crippen LogP contribution is -2.41. The van der Waals surface area contributed by atoms with Crippen molar-refractivity contribution < 1.29 is 28.5 Å². The Morgan fingerprint density at radius 3 is 2.39 bits per heavy atom. The highest BCUT2D eigenvalue weighted by Crippen LogP contribution is 2.28. The van der Waals surface area contributed by atoms with Gasteiger partial charge in [-0.05, 0) is 48.2 Å². The number of aliphatic hydroxyl groups excluding tert-OH is 2. The van der Waals surface area contributed by atoms with Gasteiger partial charge >= 0.3 is 0 Å². The van der Waals surface area contributed by atoms with Gasteiger partial charge in [0.2, 0.25) is 0 Å². The average Bonchev–Trinajstić information content (AvgIpc) is 2.76. The van der Waals surface area contributed by atoms with E-state index in [0.29, 0.717) is 36.7 Å². The summed E-state index contributed by atoms with van der Waals surface area (Å²) < 4.78 is 37.5. The number of piperidine rings is 1. The topological polar surface area (TPSA) is 74.2 Å². The van der Waals surface area contributed by atoms with Crippen LogP contribution in [-0.2, 0) is 13.1 Å². The van der Waals surface area contributed by atoms with E-state index in [0.717, 1.165) is 37.6 Å². The molecule has 0 aromatic heterocycles. The Morgan fingerprint density at radius 1 is 1.03 bits per heavy atom. The molecule has 0 spiro atoms. The SMILES string of the molecule is COc1cc(CNCc2ccc(F)c(F)c2)ccc1OC[C@@H](O)CN1CCC(O)CC1. The van der Waals surface area contributed by atoms with Gasteiger partial charge < -0.3 is 29.9 Å². The van der Waals surface area contributed by atoms with Crippen molar-refractivity contribution in [3.05, 3.63) is 59.2 Å². The molecule has 0 radical (unpaired) electrons. The predicted molar refractivity (Wildman–Crippen MR) is 113 cm³/mol. The molecule has 1 saturated heterocycles. The summed E-state index contributed by atoms with van der Waals surface area (Å²) >= 11 is 0. The fourth-order valence-corrected chi connectivity index (χ4v) is 3.58. The Morgan fingerprint density at radius 2 is 1.71 bits per heavy atom. The molecule has 3 N–H and O–H groups in total. The molecule has 1 fully saturated rings. The molecule has 1 atom stereocenters. The number of halogens is 2. The van der Waals surface area contributed by atoms with Gasteiger partial charge in [-0.3, -0.25) is 0 Å². The lowest BCUT2D eigenvalue weighted by molar-refractivity contribution is 0.0333. The van der Waals surface area contributed by atoms with E-state index in [4.69, 9.17) is 9.47 Å². The zero-order chi connectivity index (χ0) is 22.2. The number of hydrogen-bond acceptors (Lipinski definition) is 6. The lowest BCUT2D eigenvalue weighted by Gasteiger charge is -2.30. The molecular formula is C23H30F2N2O4. The number of β-amino-alcohol motifs (C(OH)–C–C–N with tert-alkyl or cyclic N) is 1. The van der Waals surface area contributed by atoms with Crippen molar-refractivity contribution in [1.29, 1.82) is 0 Å². The van der Waals surface area contributed by atoms with Crippen molar-refractivity contribution in [2.45, 2.75) is 38.1 Å². The van der Waals surface area contributed by atoms with Gasteiger partial charge in [0.25, 0.3) is 0 Å². The number of nitrogens with zero attached hydrogens (tertiary/aromatic N) is 1. The van der Waals surface area contributed by atoms with Gasteiger partial charge in [0, 0.05) is 32.7 Å². The average molecular weight is 436 g/mol. The normalized spacial score (nSPS) is 16.3. The predicted octanol–water partition coefficient (Wildman–Crippen LogP) is 2.46. The molecule has 1 heterocycles. The Balaban J connectivity index is 1.46. The van der Waals surface area contributed by atoms with Crippen LogP contribution in [0.5, 0.6) is 11.5 Å². The van der Waals surface area contributed by atoms with Crippen molar-refractivity contribution in [2.75, 3.05) is 33.4 Å². The van der Waals surface area contributed by atoms with Crippen LogP contribution in [0, 0.1) is 11.6 Å². The molecule has 6 nitrogen and oxygen atoms in total. The number of aliphatic hydroxyl groups is 2. The summed E-state index contributed by atoms with van der Waals surface area (Å²) in [7, 11) is 1.55. The van der Waals surface area contributed by atoms with Crippen LogP contribution in [0.3, 0.4) is 0 Å². The number of methoxy groups -OCH3 is 1. The number of likely N-dealkylation sites (tertiary alicyclic amines) is 1. The molecule has 1 aliphatic rings. The number of rotatable bonds is 10. The van der Waals surface area contributed by atoms with E-state index >= 15 is 0 Å². The number of benzene rings is 2. The second kappa shape index (κ2) is 11.4. The number of ether oxygens (including phenoxy) is 2. The van der Waals surface area contributed by atoms with Crippen LogP contribution in [0.4, 0.5) is 8.78 Å². The fourth-order valence-electron chi connectivity index (χ4n) is 3.58. The standard InChI is InChI=1S/C23H30F2N2O4/c1-30-23-11-17(13-26-12-16-2-4-20(24)21(25)10-16)3-5-22(23)31-15-19(29)14-27-8-6-18(28)7-9-27/h2-5,10-11,18-19,26,28-29H,6-9,12-15H2,1H3/t19-/m0/s1. The van der Waals surface area contributed by atoms with Crippen molar-refractivity contribution in [3.63, 3.8) is 0 Å². The second-order valence-electron chi connectivity index (χ2n) is 7.83. The Labute approximate surface area is 181 Å². The zero-order valence-electron chi connectivity index (χ0n) is 17.7. The minimum absolute atomic E-state index is 0.142. The van der Waals surface area contributed by atoms with E-state index in [9.17, 15) is 19.0 Å². The first-order valence-electron chi connectivity index (χ1n) is 10.5. The largest absolute Gasteiger partial charge is 0.493 e. The molecule has 2 aromatic rings.